The highest BCUT2D eigenvalue weighted by Crippen LogP contribution is 2.29. The SMILES string of the molecule is CC1CCC(C(N)=O)CN1c1nn(C)cc1N. The van der Waals surface area contributed by atoms with Gasteiger partial charge in [0.2, 0.25) is 5.91 Å². The number of piperidine rings is 1. The minimum atomic E-state index is -0.239. The molecule has 0 bridgehead atoms. The third-order valence-electron chi connectivity index (χ3n) is 3.39. The topological polar surface area (TPSA) is 90.2 Å². The molecule has 0 spiro atoms. The molecule has 94 valence electrons. The van der Waals surface area contributed by atoms with E-state index in [2.05, 4.69) is 16.9 Å². The van der Waals surface area contributed by atoms with Crippen LogP contribution < -0.4 is 16.4 Å². The van der Waals surface area contributed by atoms with Crippen LogP contribution in [0.1, 0.15) is 19.8 Å². The van der Waals surface area contributed by atoms with Crippen molar-refractivity contribution in [3.05, 3.63) is 6.20 Å². The number of anilines is 2. The van der Waals surface area contributed by atoms with Gasteiger partial charge in [0, 0.05) is 25.8 Å². The molecule has 1 aromatic rings. The smallest absolute Gasteiger partial charge is 0.222 e. The van der Waals surface area contributed by atoms with E-state index in [0.29, 0.717) is 18.3 Å². The fourth-order valence-electron chi connectivity index (χ4n) is 2.35. The van der Waals surface area contributed by atoms with Gasteiger partial charge in [0.15, 0.2) is 5.82 Å². The van der Waals surface area contributed by atoms with Crippen molar-refractivity contribution >= 4 is 17.4 Å². The van der Waals surface area contributed by atoms with Gasteiger partial charge in [-0.3, -0.25) is 9.48 Å². The Kier molecular flexibility index (Phi) is 2.95. The van der Waals surface area contributed by atoms with Crippen LogP contribution in [0.4, 0.5) is 11.5 Å². The number of amides is 1. The van der Waals surface area contributed by atoms with Gasteiger partial charge in [-0.05, 0) is 19.8 Å². The van der Waals surface area contributed by atoms with E-state index >= 15 is 0 Å². The van der Waals surface area contributed by atoms with E-state index in [9.17, 15) is 4.79 Å². The molecule has 2 rings (SSSR count). The molecule has 2 heterocycles. The van der Waals surface area contributed by atoms with E-state index in [0.717, 1.165) is 18.7 Å². The Morgan fingerprint density at radius 2 is 2.24 bits per heavy atom. The van der Waals surface area contributed by atoms with Crippen LogP contribution in [0.3, 0.4) is 0 Å². The van der Waals surface area contributed by atoms with Crippen LogP contribution in [0.25, 0.3) is 0 Å². The maximum Gasteiger partial charge on any atom is 0.222 e. The standard InChI is InChI=1S/C11H19N5O/c1-7-3-4-8(10(13)17)5-16(7)11-9(12)6-15(2)14-11/h6-8H,3-5,12H2,1-2H3,(H2,13,17). The zero-order chi connectivity index (χ0) is 12.6. The Bertz CT molecular complexity index is 427. The minimum absolute atomic E-state index is 0.104. The first-order valence-electron chi connectivity index (χ1n) is 5.84. The summed E-state index contributed by atoms with van der Waals surface area (Å²) in [4.78, 5) is 13.3. The largest absolute Gasteiger partial charge is 0.394 e. The maximum absolute atomic E-state index is 11.3. The maximum atomic E-state index is 11.3. The fraction of sp³-hybridized carbons (Fsp3) is 0.636. The number of carbonyl (C=O) groups is 1. The van der Waals surface area contributed by atoms with Gasteiger partial charge in [-0.15, -0.1) is 0 Å². The monoisotopic (exact) mass is 237 g/mol. The van der Waals surface area contributed by atoms with Crippen molar-refractivity contribution in [1.82, 2.24) is 9.78 Å². The van der Waals surface area contributed by atoms with Crippen molar-refractivity contribution in [3.8, 4) is 0 Å². The fourth-order valence-corrected chi connectivity index (χ4v) is 2.35. The number of rotatable bonds is 2. The molecule has 0 saturated carbocycles. The summed E-state index contributed by atoms with van der Waals surface area (Å²) < 4.78 is 1.69. The first-order chi connectivity index (χ1) is 7.99. The second-order valence-electron chi connectivity index (χ2n) is 4.76. The molecule has 1 aliphatic rings. The predicted molar refractivity (Wildman–Crippen MR) is 66.3 cm³/mol. The molecular weight excluding hydrogens is 218 g/mol. The van der Waals surface area contributed by atoms with Crippen LogP contribution >= 0.6 is 0 Å². The summed E-state index contributed by atoms with van der Waals surface area (Å²) in [6, 6.07) is 0.336. The zero-order valence-corrected chi connectivity index (χ0v) is 10.3. The van der Waals surface area contributed by atoms with Crippen LogP contribution in [0, 0.1) is 5.92 Å². The number of carbonyl (C=O) groups excluding carboxylic acids is 1. The van der Waals surface area contributed by atoms with Gasteiger partial charge >= 0.3 is 0 Å². The quantitative estimate of drug-likeness (QED) is 0.763. The normalized spacial score (nSPS) is 24.9. The van der Waals surface area contributed by atoms with E-state index in [4.69, 9.17) is 11.5 Å². The highest BCUT2D eigenvalue weighted by atomic mass is 16.1. The van der Waals surface area contributed by atoms with Crippen molar-refractivity contribution in [2.24, 2.45) is 18.7 Å². The number of aromatic nitrogens is 2. The molecule has 1 fully saturated rings. The van der Waals surface area contributed by atoms with Gasteiger partial charge in [-0.25, -0.2) is 0 Å². The Morgan fingerprint density at radius 1 is 1.53 bits per heavy atom. The molecule has 2 atom stereocenters. The summed E-state index contributed by atoms with van der Waals surface area (Å²) in [6.45, 7) is 2.73. The summed E-state index contributed by atoms with van der Waals surface area (Å²) >= 11 is 0. The number of nitrogens with two attached hydrogens (primary N) is 2. The first kappa shape index (κ1) is 11.8. The third kappa shape index (κ3) is 2.20. The molecule has 4 N–H and O–H groups in total. The number of nitrogen functional groups attached to an aromatic ring is 1. The van der Waals surface area contributed by atoms with Crippen molar-refractivity contribution in [2.75, 3.05) is 17.2 Å². The van der Waals surface area contributed by atoms with Gasteiger partial charge in [-0.1, -0.05) is 0 Å². The second-order valence-corrected chi connectivity index (χ2v) is 4.76. The lowest BCUT2D eigenvalue weighted by atomic mass is 9.93. The highest BCUT2D eigenvalue weighted by molar-refractivity contribution is 5.78. The summed E-state index contributed by atoms with van der Waals surface area (Å²) in [7, 11) is 1.83. The summed E-state index contributed by atoms with van der Waals surface area (Å²) in [5, 5.41) is 4.34. The van der Waals surface area contributed by atoms with Crippen LogP contribution in [0.5, 0.6) is 0 Å². The molecular formula is C11H19N5O. The summed E-state index contributed by atoms with van der Waals surface area (Å²) in [5.41, 5.74) is 11.9. The van der Waals surface area contributed by atoms with Gasteiger partial charge in [0.05, 0.1) is 11.6 Å². The third-order valence-corrected chi connectivity index (χ3v) is 3.39. The van der Waals surface area contributed by atoms with E-state index in [-0.39, 0.29) is 11.8 Å². The molecule has 0 aliphatic carbocycles. The van der Waals surface area contributed by atoms with Crippen molar-refractivity contribution in [2.45, 2.75) is 25.8 Å². The van der Waals surface area contributed by atoms with Gasteiger partial charge < -0.3 is 16.4 Å². The van der Waals surface area contributed by atoms with Crippen LogP contribution in [-0.2, 0) is 11.8 Å². The molecule has 2 unspecified atom stereocenters. The molecule has 17 heavy (non-hydrogen) atoms. The van der Waals surface area contributed by atoms with Crippen LogP contribution in [0.2, 0.25) is 0 Å². The minimum Gasteiger partial charge on any atom is -0.394 e. The van der Waals surface area contributed by atoms with Crippen LogP contribution in [-0.4, -0.2) is 28.3 Å². The molecule has 1 amide bonds. The van der Waals surface area contributed by atoms with Crippen molar-refractivity contribution in [3.63, 3.8) is 0 Å². The number of hydrogen-bond donors (Lipinski definition) is 2. The average Bonchev–Trinajstić information content (AvgIpc) is 2.58. The molecule has 0 aromatic carbocycles. The van der Waals surface area contributed by atoms with E-state index in [1.54, 1.807) is 10.9 Å². The van der Waals surface area contributed by atoms with E-state index in [1.165, 1.54) is 0 Å². The lowest BCUT2D eigenvalue weighted by Crippen LogP contribution is -2.46. The molecule has 1 aliphatic heterocycles. The Balaban J connectivity index is 2.23. The number of nitrogens with zero attached hydrogens (tertiary/aromatic N) is 3. The van der Waals surface area contributed by atoms with E-state index in [1.807, 2.05) is 7.05 Å². The van der Waals surface area contributed by atoms with E-state index < -0.39 is 0 Å². The van der Waals surface area contributed by atoms with Gasteiger partial charge in [0.25, 0.3) is 0 Å². The zero-order valence-electron chi connectivity index (χ0n) is 10.3. The molecule has 1 saturated heterocycles. The van der Waals surface area contributed by atoms with Crippen LogP contribution in [0.15, 0.2) is 6.20 Å². The first-order valence-corrected chi connectivity index (χ1v) is 5.84. The lowest BCUT2D eigenvalue weighted by Gasteiger charge is -2.37. The molecule has 0 radical (unpaired) electrons. The Morgan fingerprint density at radius 3 is 2.76 bits per heavy atom. The molecule has 6 heteroatoms. The van der Waals surface area contributed by atoms with Gasteiger partial charge in [-0.2, -0.15) is 5.10 Å². The summed E-state index contributed by atoms with van der Waals surface area (Å²) in [6.07, 6.45) is 3.55. The van der Waals surface area contributed by atoms with Gasteiger partial charge in [0.1, 0.15) is 0 Å². The number of primary amides is 1. The number of hydrogen-bond acceptors (Lipinski definition) is 4. The number of aryl methyl sites for hydroxylation is 1. The highest BCUT2D eigenvalue weighted by Gasteiger charge is 2.30. The Hall–Kier alpha value is -1.72. The van der Waals surface area contributed by atoms with Crippen molar-refractivity contribution in [1.29, 1.82) is 0 Å². The average molecular weight is 237 g/mol. The lowest BCUT2D eigenvalue weighted by molar-refractivity contribution is -0.122. The predicted octanol–water partition coefficient (Wildman–Crippen LogP) is 0.0925. The molecule has 6 nitrogen and oxygen atoms in total. The van der Waals surface area contributed by atoms with Crippen molar-refractivity contribution < 1.29 is 4.79 Å². The second kappa shape index (κ2) is 4.27. The molecule has 1 aromatic heterocycles. The summed E-state index contributed by atoms with van der Waals surface area (Å²) in [5.74, 6) is 0.412. The Labute approximate surface area is 101 Å².